The molecule has 1 aromatic carbocycles. The fraction of sp³-hybridized carbons (Fsp3) is 0.632. The summed E-state index contributed by atoms with van der Waals surface area (Å²) in [5.74, 6) is -0.195. The molecule has 0 radical (unpaired) electrons. The van der Waals surface area contributed by atoms with E-state index in [4.69, 9.17) is 4.74 Å². The van der Waals surface area contributed by atoms with E-state index in [1.807, 2.05) is 0 Å². The Kier molecular flexibility index (Phi) is 4.92. The fourth-order valence-electron chi connectivity index (χ4n) is 3.84. The number of nitrogens with one attached hydrogen (secondary N) is 1. The topological polar surface area (TPSA) is 41.6 Å². The monoisotopic (exact) mass is 334 g/mol. The molecule has 0 bridgehead atoms. The molecule has 1 unspecified atom stereocenters. The third-order valence-electron chi connectivity index (χ3n) is 5.50. The Morgan fingerprint density at radius 3 is 2.46 bits per heavy atom. The summed E-state index contributed by atoms with van der Waals surface area (Å²) in [6.07, 6.45) is 1.74. The maximum atomic E-state index is 13.2. The van der Waals surface area contributed by atoms with E-state index in [0.29, 0.717) is 6.54 Å². The Morgan fingerprint density at radius 2 is 1.88 bits per heavy atom. The third-order valence-corrected chi connectivity index (χ3v) is 5.50. The van der Waals surface area contributed by atoms with E-state index in [0.717, 1.165) is 51.3 Å². The van der Waals surface area contributed by atoms with Crippen LogP contribution in [0.3, 0.4) is 0 Å². The lowest BCUT2D eigenvalue weighted by Gasteiger charge is -2.26. The summed E-state index contributed by atoms with van der Waals surface area (Å²) >= 11 is 0. The molecule has 1 atom stereocenters. The molecular formula is C19H27FN2O2. The van der Waals surface area contributed by atoms with Gasteiger partial charge < -0.3 is 10.1 Å². The predicted molar refractivity (Wildman–Crippen MR) is 91.4 cm³/mol. The molecule has 4 nitrogen and oxygen atoms in total. The largest absolute Gasteiger partial charge is 0.379 e. The average molecular weight is 334 g/mol. The van der Waals surface area contributed by atoms with Gasteiger partial charge in [0, 0.05) is 19.6 Å². The Morgan fingerprint density at radius 1 is 1.25 bits per heavy atom. The predicted octanol–water partition coefficient (Wildman–Crippen LogP) is 2.33. The van der Waals surface area contributed by atoms with Crippen molar-refractivity contribution in [1.82, 2.24) is 10.2 Å². The fourth-order valence-corrected chi connectivity index (χ4v) is 3.84. The number of halogens is 1. The molecule has 1 N–H and O–H groups in total. The van der Waals surface area contributed by atoms with Crippen molar-refractivity contribution >= 4 is 5.91 Å². The highest BCUT2D eigenvalue weighted by molar-refractivity contribution is 5.93. The number of rotatable bonds is 6. The molecule has 1 aliphatic heterocycles. The van der Waals surface area contributed by atoms with Gasteiger partial charge in [0.25, 0.3) is 0 Å². The van der Waals surface area contributed by atoms with E-state index in [1.54, 1.807) is 12.1 Å². The molecule has 2 fully saturated rings. The van der Waals surface area contributed by atoms with Gasteiger partial charge >= 0.3 is 0 Å². The van der Waals surface area contributed by atoms with Crippen molar-refractivity contribution < 1.29 is 13.9 Å². The Hall–Kier alpha value is -1.46. The maximum absolute atomic E-state index is 13.2. The van der Waals surface area contributed by atoms with E-state index in [9.17, 15) is 9.18 Å². The van der Waals surface area contributed by atoms with Crippen LogP contribution >= 0.6 is 0 Å². The van der Waals surface area contributed by atoms with Gasteiger partial charge in [0.05, 0.1) is 18.6 Å². The highest BCUT2D eigenvalue weighted by Crippen LogP contribution is 2.64. The second kappa shape index (κ2) is 6.81. The Bertz CT molecular complexity index is 582. The average Bonchev–Trinajstić information content (AvgIpc) is 3.17. The zero-order valence-electron chi connectivity index (χ0n) is 14.6. The van der Waals surface area contributed by atoms with Gasteiger partial charge in [0.15, 0.2) is 0 Å². The van der Waals surface area contributed by atoms with Gasteiger partial charge in [-0.05, 0) is 42.5 Å². The summed E-state index contributed by atoms with van der Waals surface area (Å²) in [5.41, 5.74) is 0.318. The molecule has 1 saturated heterocycles. The minimum Gasteiger partial charge on any atom is -0.379 e. The zero-order chi connectivity index (χ0) is 17.2. The van der Waals surface area contributed by atoms with Gasteiger partial charge in [-0.25, -0.2) is 4.39 Å². The number of hydrogen-bond acceptors (Lipinski definition) is 3. The first-order valence-corrected chi connectivity index (χ1v) is 8.80. The van der Waals surface area contributed by atoms with E-state index in [-0.39, 0.29) is 17.1 Å². The number of ether oxygens (including phenoxy) is 1. The van der Waals surface area contributed by atoms with Gasteiger partial charge in [0.1, 0.15) is 5.82 Å². The molecule has 1 aliphatic carbocycles. The molecular weight excluding hydrogens is 307 g/mol. The van der Waals surface area contributed by atoms with E-state index in [1.165, 1.54) is 12.1 Å². The molecule has 5 heteroatoms. The van der Waals surface area contributed by atoms with Gasteiger partial charge in [-0.15, -0.1) is 0 Å². The van der Waals surface area contributed by atoms with Crippen molar-refractivity contribution in [2.24, 2.45) is 5.41 Å². The summed E-state index contributed by atoms with van der Waals surface area (Å²) in [7, 11) is 0. The normalized spacial score (nSPS) is 26.1. The lowest BCUT2D eigenvalue weighted by atomic mass is 9.87. The number of amides is 1. The molecule has 1 heterocycles. The third kappa shape index (κ3) is 3.33. The SMILES string of the molecule is CC1(C)CC1(C(=O)NCCCN1CCOCC1)c1ccc(F)cc1. The van der Waals surface area contributed by atoms with Gasteiger partial charge in [-0.3, -0.25) is 9.69 Å². The molecule has 24 heavy (non-hydrogen) atoms. The quantitative estimate of drug-likeness (QED) is 0.812. The molecule has 0 aromatic heterocycles. The Balaban J connectivity index is 1.55. The highest BCUT2D eigenvalue weighted by atomic mass is 19.1. The Labute approximate surface area is 143 Å². The summed E-state index contributed by atoms with van der Waals surface area (Å²) < 4.78 is 18.5. The number of carbonyl (C=O) groups excluding carboxylic acids is 1. The molecule has 1 saturated carbocycles. The van der Waals surface area contributed by atoms with Crippen LogP contribution < -0.4 is 5.32 Å². The molecule has 3 rings (SSSR count). The molecule has 0 spiro atoms. The van der Waals surface area contributed by atoms with Crippen LogP contribution in [0.15, 0.2) is 24.3 Å². The first-order valence-electron chi connectivity index (χ1n) is 8.80. The van der Waals surface area contributed by atoms with Crippen molar-refractivity contribution in [3.05, 3.63) is 35.6 Å². The van der Waals surface area contributed by atoms with Gasteiger partial charge in [-0.1, -0.05) is 26.0 Å². The smallest absolute Gasteiger partial charge is 0.231 e. The molecule has 1 aromatic rings. The van der Waals surface area contributed by atoms with E-state index >= 15 is 0 Å². The first kappa shape index (κ1) is 17.4. The van der Waals surface area contributed by atoms with Crippen LogP contribution in [0.2, 0.25) is 0 Å². The number of benzene rings is 1. The first-order chi connectivity index (χ1) is 11.5. The van der Waals surface area contributed by atoms with Crippen LogP contribution in [0.4, 0.5) is 4.39 Å². The van der Waals surface area contributed by atoms with Crippen LogP contribution in [-0.2, 0) is 14.9 Å². The minimum atomic E-state index is -0.514. The van der Waals surface area contributed by atoms with Crippen molar-refractivity contribution in [3.63, 3.8) is 0 Å². The molecule has 132 valence electrons. The van der Waals surface area contributed by atoms with Crippen LogP contribution in [-0.4, -0.2) is 50.2 Å². The second-order valence-corrected chi connectivity index (χ2v) is 7.54. The lowest BCUT2D eigenvalue weighted by Crippen LogP contribution is -2.40. The molecule has 2 aliphatic rings. The van der Waals surface area contributed by atoms with Gasteiger partial charge in [0.2, 0.25) is 5.91 Å². The zero-order valence-corrected chi connectivity index (χ0v) is 14.6. The van der Waals surface area contributed by atoms with Crippen molar-refractivity contribution in [1.29, 1.82) is 0 Å². The van der Waals surface area contributed by atoms with E-state index in [2.05, 4.69) is 24.1 Å². The van der Waals surface area contributed by atoms with E-state index < -0.39 is 5.41 Å². The maximum Gasteiger partial charge on any atom is 0.231 e. The summed E-state index contributed by atoms with van der Waals surface area (Å²) in [6, 6.07) is 6.38. The summed E-state index contributed by atoms with van der Waals surface area (Å²) in [4.78, 5) is 15.2. The van der Waals surface area contributed by atoms with Crippen LogP contribution in [0.5, 0.6) is 0 Å². The van der Waals surface area contributed by atoms with Crippen molar-refractivity contribution in [2.75, 3.05) is 39.4 Å². The second-order valence-electron chi connectivity index (χ2n) is 7.54. The highest BCUT2D eigenvalue weighted by Gasteiger charge is 2.66. The van der Waals surface area contributed by atoms with Gasteiger partial charge in [-0.2, -0.15) is 0 Å². The van der Waals surface area contributed by atoms with Crippen LogP contribution in [0.25, 0.3) is 0 Å². The number of carbonyl (C=O) groups is 1. The minimum absolute atomic E-state index is 0.0704. The van der Waals surface area contributed by atoms with Crippen molar-refractivity contribution in [3.8, 4) is 0 Å². The number of nitrogens with zero attached hydrogens (tertiary/aromatic N) is 1. The summed E-state index contributed by atoms with van der Waals surface area (Å²) in [5, 5.41) is 3.10. The number of morpholine rings is 1. The van der Waals surface area contributed by atoms with Crippen LogP contribution in [0.1, 0.15) is 32.3 Å². The summed E-state index contributed by atoms with van der Waals surface area (Å²) in [6.45, 7) is 9.41. The van der Waals surface area contributed by atoms with Crippen LogP contribution in [0, 0.1) is 11.2 Å². The lowest BCUT2D eigenvalue weighted by molar-refractivity contribution is -0.124. The standard InChI is InChI=1S/C19H27FN2O2/c1-18(2)14-19(18,15-4-6-16(20)7-5-15)17(23)21-8-3-9-22-10-12-24-13-11-22/h4-7H,3,8-14H2,1-2H3,(H,21,23). The van der Waals surface area contributed by atoms with Crippen molar-refractivity contribution in [2.45, 2.75) is 32.1 Å². The number of hydrogen-bond donors (Lipinski definition) is 1. The molecule has 1 amide bonds.